The predicted molar refractivity (Wildman–Crippen MR) is 113 cm³/mol. The van der Waals surface area contributed by atoms with E-state index in [-0.39, 0.29) is 5.56 Å². The van der Waals surface area contributed by atoms with Gasteiger partial charge in [0.25, 0.3) is 5.56 Å². The van der Waals surface area contributed by atoms with Crippen LogP contribution >= 0.6 is 23.1 Å². The van der Waals surface area contributed by atoms with Gasteiger partial charge in [-0.15, -0.1) is 11.3 Å². The summed E-state index contributed by atoms with van der Waals surface area (Å²) in [6, 6.07) is 13.8. The molecule has 0 saturated carbocycles. The van der Waals surface area contributed by atoms with Crippen molar-refractivity contribution in [2.45, 2.75) is 35.7 Å². The van der Waals surface area contributed by atoms with Gasteiger partial charge in [0, 0.05) is 9.77 Å². The Labute approximate surface area is 169 Å². The SMILES string of the molecule is O=c1c2c3c(sc2ncn1/N=C\c1ccc(Sc2ccccc2)o1)CCCC3. The van der Waals surface area contributed by atoms with Gasteiger partial charge in [-0.25, -0.2) is 4.98 Å². The summed E-state index contributed by atoms with van der Waals surface area (Å²) in [5.74, 6) is 0.595. The van der Waals surface area contributed by atoms with Crippen molar-refractivity contribution in [1.82, 2.24) is 9.66 Å². The first-order chi connectivity index (χ1) is 13.8. The molecule has 7 heteroatoms. The third-order valence-electron chi connectivity index (χ3n) is 4.73. The number of hydrogen-bond acceptors (Lipinski definition) is 6. The van der Waals surface area contributed by atoms with E-state index >= 15 is 0 Å². The van der Waals surface area contributed by atoms with E-state index in [4.69, 9.17) is 4.42 Å². The summed E-state index contributed by atoms with van der Waals surface area (Å²) >= 11 is 3.19. The first-order valence-corrected chi connectivity index (χ1v) is 10.8. The van der Waals surface area contributed by atoms with E-state index in [0.29, 0.717) is 5.76 Å². The van der Waals surface area contributed by atoms with Crippen LogP contribution in [0.3, 0.4) is 0 Å². The predicted octanol–water partition coefficient (Wildman–Crippen LogP) is 4.96. The van der Waals surface area contributed by atoms with E-state index in [9.17, 15) is 4.79 Å². The van der Waals surface area contributed by atoms with E-state index in [1.54, 1.807) is 29.3 Å². The maximum absolute atomic E-state index is 12.9. The van der Waals surface area contributed by atoms with Crippen LogP contribution in [0, 0.1) is 0 Å². The van der Waals surface area contributed by atoms with Gasteiger partial charge >= 0.3 is 0 Å². The molecule has 1 aliphatic rings. The number of thiophene rings is 1. The molecule has 0 aliphatic heterocycles. The molecular weight excluding hydrogens is 390 g/mol. The second kappa shape index (κ2) is 7.41. The number of rotatable bonds is 4. The van der Waals surface area contributed by atoms with Crippen LogP contribution in [0.15, 0.2) is 73.1 Å². The van der Waals surface area contributed by atoms with Crippen molar-refractivity contribution in [3.63, 3.8) is 0 Å². The van der Waals surface area contributed by atoms with Crippen molar-refractivity contribution in [3.8, 4) is 0 Å². The molecule has 4 aromatic rings. The van der Waals surface area contributed by atoms with Crippen molar-refractivity contribution < 1.29 is 4.42 Å². The number of aromatic nitrogens is 2. The summed E-state index contributed by atoms with van der Waals surface area (Å²) in [7, 11) is 0. The van der Waals surface area contributed by atoms with Gasteiger partial charge in [0.05, 0.1) is 11.6 Å². The minimum atomic E-state index is -0.105. The molecule has 0 bridgehead atoms. The molecule has 1 aromatic carbocycles. The fourth-order valence-corrected chi connectivity index (χ4v) is 5.42. The lowest BCUT2D eigenvalue weighted by Crippen LogP contribution is -2.17. The number of benzene rings is 1. The number of hydrogen-bond donors (Lipinski definition) is 0. The lowest BCUT2D eigenvalue weighted by molar-refractivity contribution is 0.468. The highest BCUT2D eigenvalue weighted by atomic mass is 32.2. The summed E-state index contributed by atoms with van der Waals surface area (Å²) in [6.45, 7) is 0. The molecule has 0 unspecified atom stereocenters. The van der Waals surface area contributed by atoms with Crippen LogP contribution in [-0.2, 0) is 12.8 Å². The fourth-order valence-electron chi connectivity index (χ4n) is 3.40. The first-order valence-electron chi connectivity index (χ1n) is 9.17. The molecule has 0 spiro atoms. The summed E-state index contributed by atoms with van der Waals surface area (Å²) in [5.41, 5.74) is 1.07. The molecular formula is C21H17N3O2S2. The summed E-state index contributed by atoms with van der Waals surface area (Å²) in [6.07, 6.45) is 7.37. The van der Waals surface area contributed by atoms with E-state index in [2.05, 4.69) is 10.1 Å². The van der Waals surface area contributed by atoms with E-state index in [0.717, 1.165) is 39.5 Å². The summed E-state index contributed by atoms with van der Waals surface area (Å²) < 4.78 is 7.09. The van der Waals surface area contributed by atoms with Crippen LogP contribution in [0.25, 0.3) is 10.2 Å². The maximum atomic E-state index is 12.9. The normalized spacial score (nSPS) is 14.0. The standard InChI is InChI=1S/C21H17N3O2S2/c25-21-19-16-8-4-5-9-17(16)28-20(19)22-13-24(21)23-12-14-10-11-18(26-14)27-15-6-2-1-3-7-15/h1-3,6-7,10-13H,4-5,8-9H2/b23-12-. The highest BCUT2D eigenvalue weighted by molar-refractivity contribution is 7.99. The Morgan fingerprint density at radius 1 is 1.14 bits per heavy atom. The van der Waals surface area contributed by atoms with E-state index in [1.807, 2.05) is 42.5 Å². The van der Waals surface area contributed by atoms with Crippen LogP contribution in [-0.4, -0.2) is 15.9 Å². The Bertz CT molecular complexity index is 1220. The molecule has 140 valence electrons. The number of nitrogens with zero attached hydrogens (tertiary/aromatic N) is 3. The van der Waals surface area contributed by atoms with Gasteiger partial charge in [-0.2, -0.15) is 9.78 Å². The van der Waals surface area contributed by atoms with Gasteiger partial charge in [-0.1, -0.05) is 30.0 Å². The zero-order valence-electron chi connectivity index (χ0n) is 15.0. The second-order valence-corrected chi connectivity index (χ2v) is 8.76. The zero-order valence-corrected chi connectivity index (χ0v) is 16.6. The van der Waals surface area contributed by atoms with Crippen LogP contribution in [0.1, 0.15) is 29.0 Å². The Hall–Kier alpha value is -2.64. The van der Waals surface area contributed by atoms with Gasteiger partial charge in [0.2, 0.25) is 0 Å². The van der Waals surface area contributed by atoms with Crippen molar-refractivity contribution in [1.29, 1.82) is 0 Å². The van der Waals surface area contributed by atoms with Crippen molar-refractivity contribution >= 4 is 39.5 Å². The maximum Gasteiger partial charge on any atom is 0.282 e. The Kier molecular flexibility index (Phi) is 4.62. The minimum Gasteiger partial charge on any atom is -0.448 e. The van der Waals surface area contributed by atoms with Gasteiger partial charge in [-0.05, 0) is 55.5 Å². The second-order valence-electron chi connectivity index (χ2n) is 6.60. The van der Waals surface area contributed by atoms with Crippen LogP contribution in [0.4, 0.5) is 0 Å². The fraction of sp³-hybridized carbons (Fsp3) is 0.190. The van der Waals surface area contributed by atoms with Gasteiger partial charge in [-0.3, -0.25) is 4.79 Å². The van der Waals surface area contributed by atoms with Crippen molar-refractivity contribution in [2.24, 2.45) is 5.10 Å². The number of aryl methyl sites for hydroxylation is 2. The highest BCUT2D eigenvalue weighted by Gasteiger charge is 2.19. The number of fused-ring (bicyclic) bond motifs is 3. The third-order valence-corrected chi connectivity index (χ3v) is 6.86. The molecule has 0 fully saturated rings. The molecule has 0 radical (unpaired) electrons. The molecule has 28 heavy (non-hydrogen) atoms. The average Bonchev–Trinajstić information content (AvgIpc) is 3.32. The lowest BCUT2D eigenvalue weighted by Gasteiger charge is -2.09. The minimum absolute atomic E-state index is 0.105. The van der Waals surface area contributed by atoms with Crippen LogP contribution in [0.5, 0.6) is 0 Å². The molecule has 0 atom stereocenters. The van der Waals surface area contributed by atoms with E-state index in [1.165, 1.54) is 27.9 Å². The Balaban J connectivity index is 1.42. The average molecular weight is 408 g/mol. The smallest absolute Gasteiger partial charge is 0.282 e. The molecule has 5 rings (SSSR count). The molecule has 5 nitrogen and oxygen atoms in total. The van der Waals surface area contributed by atoms with Crippen LogP contribution in [0.2, 0.25) is 0 Å². The monoisotopic (exact) mass is 407 g/mol. The van der Waals surface area contributed by atoms with Gasteiger partial charge in [0.1, 0.15) is 16.9 Å². The molecule has 1 aliphatic carbocycles. The first kappa shape index (κ1) is 17.5. The molecule has 0 N–H and O–H groups in total. The Morgan fingerprint density at radius 3 is 2.89 bits per heavy atom. The largest absolute Gasteiger partial charge is 0.448 e. The Morgan fingerprint density at radius 2 is 2.00 bits per heavy atom. The van der Waals surface area contributed by atoms with Gasteiger partial charge < -0.3 is 4.42 Å². The molecule has 3 aromatic heterocycles. The summed E-state index contributed by atoms with van der Waals surface area (Å²) in [5, 5.41) is 5.81. The topological polar surface area (TPSA) is 60.4 Å². The van der Waals surface area contributed by atoms with Crippen molar-refractivity contribution in [2.75, 3.05) is 0 Å². The van der Waals surface area contributed by atoms with Crippen LogP contribution < -0.4 is 5.56 Å². The molecule has 3 heterocycles. The van der Waals surface area contributed by atoms with Gasteiger partial charge in [0.15, 0.2) is 5.09 Å². The quantitative estimate of drug-likeness (QED) is 0.449. The zero-order chi connectivity index (χ0) is 18.9. The van der Waals surface area contributed by atoms with E-state index < -0.39 is 0 Å². The lowest BCUT2D eigenvalue weighted by atomic mass is 9.97. The third kappa shape index (κ3) is 3.31. The summed E-state index contributed by atoms with van der Waals surface area (Å²) in [4.78, 5) is 20.6. The molecule has 0 amide bonds. The molecule has 0 saturated heterocycles. The number of furan rings is 1. The van der Waals surface area contributed by atoms with Crippen molar-refractivity contribution in [3.05, 3.63) is 75.3 Å². The highest BCUT2D eigenvalue weighted by Crippen LogP contribution is 2.33.